The molecule has 0 aliphatic carbocycles. The Kier molecular flexibility index (Phi) is 4.25. The highest BCUT2D eigenvalue weighted by Gasteiger charge is 2.41. The van der Waals surface area contributed by atoms with E-state index in [0.29, 0.717) is 25.7 Å². The molecule has 106 valence electrons. The summed E-state index contributed by atoms with van der Waals surface area (Å²) in [6.07, 6.45) is 2.00. The van der Waals surface area contributed by atoms with Crippen molar-refractivity contribution in [2.45, 2.75) is 49.1 Å². The van der Waals surface area contributed by atoms with E-state index in [1.165, 1.54) is 0 Å². The molecule has 6 heteroatoms. The second-order valence-electron chi connectivity index (χ2n) is 5.54. The predicted molar refractivity (Wildman–Crippen MR) is 62.0 cm³/mol. The smallest absolute Gasteiger partial charge is 0.111 e. The summed E-state index contributed by atoms with van der Waals surface area (Å²) in [6.45, 7) is -0.373. The molecule has 0 aromatic carbocycles. The van der Waals surface area contributed by atoms with Gasteiger partial charge in [-0.3, -0.25) is 0 Å². The lowest BCUT2D eigenvalue weighted by molar-refractivity contribution is -0.204. The average molecular weight is 262 g/mol. The van der Waals surface area contributed by atoms with E-state index in [2.05, 4.69) is 0 Å². The maximum Gasteiger partial charge on any atom is 0.111 e. The van der Waals surface area contributed by atoms with Crippen LogP contribution in [-0.4, -0.2) is 70.3 Å². The molecular weight excluding hydrogens is 240 g/mol. The van der Waals surface area contributed by atoms with Gasteiger partial charge in [0.2, 0.25) is 0 Å². The van der Waals surface area contributed by atoms with E-state index in [9.17, 15) is 10.2 Å². The Morgan fingerprint density at radius 1 is 0.833 bits per heavy atom. The van der Waals surface area contributed by atoms with E-state index in [4.69, 9.17) is 19.7 Å². The van der Waals surface area contributed by atoms with Gasteiger partial charge in [-0.1, -0.05) is 0 Å². The average Bonchev–Trinajstić information content (AvgIpc) is 2.41. The number of hydrogen-bond donors (Lipinski definition) is 4. The Bertz CT molecular complexity index is 238. The summed E-state index contributed by atoms with van der Waals surface area (Å²) in [5.41, 5.74) is -2.26. The van der Waals surface area contributed by atoms with E-state index < -0.39 is 11.2 Å². The molecule has 2 aliphatic heterocycles. The molecule has 0 spiro atoms. The van der Waals surface area contributed by atoms with Crippen LogP contribution in [0.1, 0.15) is 25.7 Å². The summed E-state index contributed by atoms with van der Waals surface area (Å²) in [7, 11) is 0. The van der Waals surface area contributed by atoms with Crippen molar-refractivity contribution in [2.24, 2.45) is 0 Å². The van der Waals surface area contributed by atoms with Crippen LogP contribution in [0.15, 0.2) is 0 Å². The quantitative estimate of drug-likeness (QED) is 0.509. The highest BCUT2D eigenvalue weighted by atomic mass is 16.6. The van der Waals surface area contributed by atoms with Gasteiger partial charge in [-0.25, -0.2) is 0 Å². The number of rotatable bonds is 3. The first-order chi connectivity index (χ1) is 8.50. The van der Waals surface area contributed by atoms with Gasteiger partial charge in [0.25, 0.3) is 0 Å². The summed E-state index contributed by atoms with van der Waals surface area (Å²) in [5, 5.41) is 37.7. The third-order valence-electron chi connectivity index (χ3n) is 3.92. The molecule has 2 heterocycles. The minimum atomic E-state index is -1.13. The minimum Gasteiger partial charge on any atom is -0.393 e. The molecule has 0 aromatic rings. The van der Waals surface area contributed by atoms with Crippen molar-refractivity contribution >= 4 is 0 Å². The Labute approximate surface area is 106 Å². The van der Waals surface area contributed by atoms with Crippen LogP contribution in [0.4, 0.5) is 0 Å². The van der Waals surface area contributed by atoms with E-state index in [1.54, 1.807) is 0 Å². The molecular formula is C12H22O6. The molecule has 0 saturated carbocycles. The fourth-order valence-corrected chi connectivity index (χ4v) is 2.49. The van der Waals surface area contributed by atoms with Gasteiger partial charge in [0.1, 0.15) is 11.2 Å². The van der Waals surface area contributed by atoms with E-state index in [-0.39, 0.29) is 38.6 Å². The molecule has 0 radical (unpaired) electrons. The highest BCUT2D eigenvalue weighted by Crippen LogP contribution is 2.31. The van der Waals surface area contributed by atoms with Gasteiger partial charge >= 0.3 is 0 Å². The molecule has 4 N–H and O–H groups in total. The van der Waals surface area contributed by atoms with Crippen molar-refractivity contribution in [3.05, 3.63) is 0 Å². The fourth-order valence-electron chi connectivity index (χ4n) is 2.49. The van der Waals surface area contributed by atoms with E-state index in [1.807, 2.05) is 0 Å². The van der Waals surface area contributed by atoms with Crippen molar-refractivity contribution in [3.63, 3.8) is 0 Å². The van der Waals surface area contributed by atoms with Gasteiger partial charge in [0.05, 0.1) is 38.6 Å². The van der Waals surface area contributed by atoms with Crippen molar-refractivity contribution in [1.29, 1.82) is 0 Å². The summed E-state index contributed by atoms with van der Waals surface area (Å²) in [6, 6.07) is 0. The van der Waals surface area contributed by atoms with Crippen LogP contribution in [0.2, 0.25) is 0 Å². The number of ether oxygens (including phenoxy) is 2. The lowest BCUT2D eigenvalue weighted by Gasteiger charge is -2.42. The van der Waals surface area contributed by atoms with Crippen LogP contribution in [-0.2, 0) is 9.47 Å². The SMILES string of the molecule is OC[C@@]1(O)CC[C@@H]([C@@H]2CC[C@](O)(CO)CO2)OC1. The molecule has 18 heavy (non-hydrogen) atoms. The predicted octanol–water partition coefficient (Wildman–Crippen LogP) is -1.21. The first kappa shape index (κ1) is 14.2. The van der Waals surface area contributed by atoms with Crippen LogP contribution in [0.25, 0.3) is 0 Å². The molecule has 2 aliphatic rings. The normalized spacial score (nSPS) is 46.0. The summed E-state index contributed by atoms with van der Waals surface area (Å²) >= 11 is 0. The van der Waals surface area contributed by atoms with Crippen LogP contribution < -0.4 is 0 Å². The molecule has 0 unspecified atom stereocenters. The zero-order valence-corrected chi connectivity index (χ0v) is 10.4. The molecule has 2 fully saturated rings. The topological polar surface area (TPSA) is 99.4 Å². The van der Waals surface area contributed by atoms with Gasteiger partial charge < -0.3 is 29.9 Å². The second kappa shape index (κ2) is 5.40. The fraction of sp³-hybridized carbons (Fsp3) is 1.00. The molecule has 0 bridgehead atoms. The van der Waals surface area contributed by atoms with Crippen molar-refractivity contribution < 1.29 is 29.9 Å². The molecule has 6 nitrogen and oxygen atoms in total. The molecule has 0 amide bonds. The maximum absolute atomic E-state index is 9.83. The van der Waals surface area contributed by atoms with E-state index in [0.717, 1.165) is 0 Å². The molecule has 0 aromatic heterocycles. The zero-order valence-electron chi connectivity index (χ0n) is 10.4. The Morgan fingerprint density at radius 2 is 1.22 bits per heavy atom. The Morgan fingerprint density at radius 3 is 1.44 bits per heavy atom. The molecule has 2 rings (SSSR count). The summed E-state index contributed by atoms with van der Waals surface area (Å²) in [4.78, 5) is 0. The zero-order chi connectivity index (χ0) is 13.2. The first-order valence-electron chi connectivity index (χ1n) is 6.40. The van der Waals surface area contributed by atoms with Gasteiger partial charge in [-0.15, -0.1) is 0 Å². The molecule has 2 saturated heterocycles. The van der Waals surface area contributed by atoms with Gasteiger partial charge in [-0.2, -0.15) is 0 Å². The molecule has 4 atom stereocenters. The summed E-state index contributed by atoms with van der Waals surface area (Å²) < 4.78 is 11.1. The monoisotopic (exact) mass is 262 g/mol. The van der Waals surface area contributed by atoms with Crippen molar-refractivity contribution in [1.82, 2.24) is 0 Å². The standard InChI is InChI=1S/C12H22O6/c13-5-11(15)3-1-9(17-7-11)10-2-4-12(16,6-14)8-18-10/h9-10,13-16H,1-8H2/t9-,10-,11-,12-/m0/s1. The number of aliphatic hydroxyl groups excluding tert-OH is 2. The van der Waals surface area contributed by atoms with Crippen LogP contribution in [0.3, 0.4) is 0 Å². The number of aliphatic hydroxyl groups is 4. The Hall–Kier alpha value is -0.240. The second-order valence-corrected chi connectivity index (χ2v) is 5.54. The highest BCUT2D eigenvalue weighted by molar-refractivity contribution is 4.90. The number of hydrogen-bond acceptors (Lipinski definition) is 6. The largest absolute Gasteiger partial charge is 0.393 e. The van der Waals surface area contributed by atoms with Crippen LogP contribution >= 0.6 is 0 Å². The third kappa shape index (κ3) is 3.01. The van der Waals surface area contributed by atoms with Crippen molar-refractivity contribution in [2.75, 3.05) is 26.4 Å². The summed E-state index contributed by atoms with van der Waals surface area (Å²) in [5.74, 6) is 0. The lowest BCUT2D eigenvalue weighted by atomic mass is 9.87. The maximum atomic E-state index is 9.83. The lowest BCUT2D eigenvalue weighted by Crippen LogP contribution is -2.52. The van der Waals surface area contributed by atoms with Crippen molar-refractivity contribution in [3.8, 4) is 0 Å². The van der Waals surface area contributed by atoms with E-state index >= 15 is 0 Å². The van der Waals surface area contributed by atoms with Gasteiger partial charge in [0, 0.05) is 0 Å². The Balaban J connectivity index is 1.82. The first-order valence-corrected chi connectivity index (χ1v) is 6.40. The van der Waals surface area contributed by atoms with Gasteiger partial charge in [0.15, 0.2) is 0 Å². The van der Waals surface area contributed by atoms with Crippen LogP contribution in [0.5, 0.6) is 0 Å². The minimum absolute atomic E-state index is 0.109. The van der Waals surface area contributed by atoms with Crippen LogP contribution in [0, 0.1) is 0 Å². The van der Waals surface area contributed by atoms with Gasteiger partial charge in [-0.05, 0) is 25.7 Å². The third-order valence-corrected chi connectivity index (χ3v) is 3.92.